The first-order valence-corrected chi connectivity index (χ1v) is 10.1. The summed E-state index contributed by atoms with van der Waals surface area (Å²) in [7, 11) is 0. The van der Waals surface area contributed by atoms with Crippen molar-refractivity contribution in [2.75, 3.05) is 0 Å². The number of allylic oxidation sites excluding steroid dienone is 1. The van der Waals surface area contributed by atoms with Gasteiger partial charge in [0.15, 0.2) is 11.2 Å². The fourth-order valence-electron chi connectivity index (χ4n) is 1.81. The summed E-state index contributed by atoms with van der Waals surface area (Å²) in [6, 6.07) is 6.73. The summed E-state index contributed by atoms with van der Waals surface area (Å²) in [5.41, 5.74) is 0.884. The molecule has 2 aromatic rings. The molecule has 2 rings (SSSR count). The Morgan fingerprint density at radius 1 is 1.23 bits per heavy atom. The molecule has 0 aliphatic heterocycles. The van der Waals surface area contributed by atoms with E-state index in [1.54, 1.807) is 12.1 Å². The molecule has 0 unspecified atom stereocenters. The van der Waals surface area contributed by atoms with Crippen molar-refractivity contribution < 1.29 is 4.42 Å². The lowest BCUT2D eigenvalue weighted by molar-refractivity contribution is 0.582. The summed E-state index contributed by atoms with van der Waals surface area (Å²) in [4.78, 5) is 13.2. The van der Waals surface area contributed by atoms with Crippen LogP contribution in [0.5, 0.6) is 0 Å². The topological polar surface area (TPSA) is 42.2 Å². The van der Waals surface area contributed by atoms with Gasteiger partial charge in [-0.05, 0) is 29.0 Å². The van der Waals surface area contributed by atoms with E-state index in [0.29, 0.717) is 33.4 Å². The second-order valence-electron chi connectivity index (χ2n) is 6.07. The molecule has 0 saturated heterocycles. The lowest BCUT2D eigenvalue weighted by Gasteiger charge is -2.14. The molecule has 0 atom stereocenters. The highest BCUT2D eigenvalue weighted by molar-refractivity contribution is 9.10. The molecule has 140 valence electrons. The first-order valence-electron chi connectivity index (χ1n) is 8.44. The predicted molar refractivity (Wildman–Crippen MR) is 119 cm³/mol. The smallest absolute Gasteiger partial charge is 0.193 e. The van der Waals surface area contributed by atoms with Crippen molar-refractivity contribution in [2.45, 2.75) is 34.1 Å². The molecule has 1 N–H and O–H groups in total. The number of hydrogen-bond donors (Lipinski definition) is 1. The molecule has 1 aromatic carbocycles. The molecule has 0 saturated carbocycles. The van der Waals surface area contributed by atoms with Crippen LogP contribution in [0.2, 0.25) is 0 Å². The molecule has 1 aromatic heterocycles. The predicted octanol–water partition coefficient (Wildman–Crippen LogP) is 6.91. The third-order valence-electron chi connectivity index (χ3n) is 3.18. The maximum absolute atomic E-state index is 12.2. The SMILES string of the molecule is C=C(NC(=C)c1cc(=O)c2ccc(Br)cc2o1)SC(=C)C(C)C.CCC. The van der Waals surface area contributed by atoms with Crippen LogP contribution in [0.3, 0.4) is 0 Å². The van der Waals surface area contributed by atoms with Gasteiger partial charge in [-0.1, -0.05) is 81.5 Å². The third kappa shape index (κ3) is 6.54. The Morgan fingerprint density at radius 3 is 2.42 bits per heavy atom. The highest BCUT2D eigenvalue weighted by Gasteiger charge is 2.10. The largest absolute Gasteiger partial charge is 0.454 e. The van der Waals surface area contributed by atoms with Crippen molar-refractivity contribution in [2.24, 2.45) is 5.92 Å². The van der Waals surface area contributed by atoms with E-state index in [2.05, 4.69) is 68.7 Å². The zero-order chi connectivity index (χ0) is 19.9. The number of halogens is 1. The van der Waals surface area contributed by atoms with Crippen molar-refractivity contribution in [3.8, 4) is 0 Å². The molecule has 0 bridgehead atoms. The molecule has 0 aliphatic carbocycles. The van der Waals surface area contributed by atoms with Crippen LogP contribution in [-0.4, -0.2) is 0 Å². The Balaban J connectivity index is 0.00000105. The summed E-state index contributed by atoms with van der Waals surface area (Å²) >= 11 is 4.83. The average Bonchev–Trinajstić information content (AvgIpc) is 2.54. The fourth-order valence-corrected chi connectivity index (χ4v) is 2.88. The summed E-state index contributed by atoms with van der Waals surface area (Å²) in [6.45, 7) is 20.2. The Morgan fingerprint density at radius 2 is 1.85 bits per heavy atom. The van der Waals surface area contributed by atoms with E-state index < -0.39 is 0 Å². The Labute approximate surface area is 168 Å². The van der Waals surface area contributed by atoms with Crippen molar-refractivity contribution in [3.63, 3.8) is 0 Å². The number of thioether (sulfide) groups is 1. The Kier molecular flexibility index (Phi) is 8.96. The van der Waals surface area contributed by atoms with Gasteiger partial charge < -0.3 is 9.73 Å². The van der Waals surface area contributed by atoms with Gasteiger partial charge in [-0.3, -0.25) is 4.79 Å². The van der Waals surface area contributed by atoms with E-state index in [4.69, 9.17) is 4.42 Å². The minimum absolute atomic E-state index is 0.110. The maximum atomic E-state index is 12.2. The summed E-state index contributed by atoms with van der Waals surface area (Å²) in [5, 5.41) is 4.28. The number of hydrogen-bond acceptors (Lipinski definition) is 4. The molecule has 0 fully saturated rings. The van der Waals surface area contributed by atoms with Crippen LogP contribution in [0.1, 0.15) is 39.9 Å². The van der Waals surface area contributed by atoms with E-state index in [-0.39, 0.29) is 5.43 Å². The van der Waals surface area contributed by atoms with Gasteiger partial charge in [0.2, 0.25) is 0 Å². The molecular weight excluding hydrogens is 410 g/mol. The van der Waals surface area contributed by atoms with E-state index in [0.717, 1.165) is 9.38 Å². The Bertz CT molecular complexity index is 868. The Hall–Kier alpha value is -1.72. The molecule has 26 heavy (non-hydrogen) atoms. The van der Waals surface area contributed by atoms with Gasteiger partial charge in [-0.15, -0.1) is 0 Å². The standard InChI is InChI=1S/C18H18BrNO2S.C3H8/c1-10(2)12(4)23-13(5)20-11(3)17-9-16(21)15-7-6-14(19)8-18(15)22-17;1-3-2/h6-10,20H,3-5H2,1-2H3;3H2,1-2H3. The number of nitrogens with one attached hydrogen (secondary N) is 1. The second kappa shape index (κ2) is 10.4. The van der Waals surface area contributed by atoms with Gasteiger partial charge in [0.1, 0.15) is 5.58 Å². The van der Waals surface area contributed by atoms with Crippen molar-refractivity contribution >= 4 is 44.4 Å². The first kappa shape index (κ1) is 22.3. The summed E-state index contributed by atoms with van der Waals surface area (Å²) in [5.74, 6) is 0.736. The summed E-state index contributed by atoms with van der Waals surface area (Å²) < 4.78 is 6.62. The minimum Gasteiger partial charge on any atom is -0.454 e. The molecule has 0 spiro atoms. The highest BCUT2D eigenvalue weighted by atomic mass is 79.9. The van der Waals surface area contributed by atoms with Crippen molar-refractivity contribution in [3.05, 3.63) is 74.4 Å². The van der Waals surface area contributed by atoms with Crippen LogP contribution in [0.15, 0.2) is 67.6 Å². The lowest BCUT2D eigenvalue weighted by atomic mass is 10.2. The van der Waals surface area contributed by atoms with E-state index in [1.165, 1.54) is 24.2 Å². The molecule has 0 aliphatic rings. The van der Waals surface area contributed by atoms with Gasteiger partial charge in [0.25, 0.3) is 0 Å². The van der Waals surface area contributed by atoms with Gasteiger partial charge in [-0.25, -0.2) is 0 Å². The van der Waals surface area contributed by atoms with Crippen LogP contribution in [-0.2, 0) is 0 Å². The van der Waals surface area contributed by atoms with Gasteiger partial charge >= 0.3 is 0 Å². The van der Waals surface area contributed by atoms with Gasteiger partial charge in [-0.2, -0.15) is 0 Å². The third-order valence-corrected chi connectivity index (χ3v) is 4.75. The molecular formula is C21H26BrNO2S. The summed E-state index contributed by atoms with van der Waals surface area (Å²) in [6.07, 6.45) is 1.25. The average molecular weight is 436 g/mol. The lowest BCUT2D eigenvalue weighted by Crippen LogP contribution is -2.11. The zero-order valence-electron chi connectivity index (χ0n) is 15.8. The molecule has 3 nitrogen and oxygen atoms in total. The molecule has 0 amide bonds. The number of benzene rings is 1. The second-order valence-corrected chi connectivity index (χ2v) is 8.21. The van der Waals surface area contributed by atoms with Crippen molar-refractivity contribution in [1.82, 2.24) is 5.32 Å². The normalized spacial score (nSPS) is 10.2. The molecule has 0 radical (unpaired) electrons. The van der Waals surface area contributed by atoms with Gasteiger partial charge in [0.05, 0.1) is 16.1 Å². The zero-order valence-corrected chi connectivity index (χ0v) is 18.2. The van der Waals surface area contributed by atoms with Crippen LogP contribution in [0.25, 0.3) is 16.7 Å². The number of rotatable bonds is 6. The maximum Gasteiger partial charge on any atom is 0.193 e. The first-order chi connectivity index (χ1) is 12.2. The molecule has 5 heteroatoms. The van der Waals surface area contributed by atoms with Gasteiger partial charge in [0, 0.05) is 10.5 Å². The fraction of sp³-hybridized carbons (Fsp3) is 0.286. The van der Waals surface area contributed by atoms with Crippen molar-refractivity contribution in [1.29, 1.82) is 0 Å². The minimum atomic E-state index is -0.110. The van der Waals surface area contributed by atoms with E-state index >= 15 is 0 Å². The van der Waals surface area contributed by atoms with E-state index in [1.807, 2.05) is 6.07 Å². The molecule has 1 heterocycles. The van der Waals surface area contributed by atoms with E-state index in [9.17, 15) is 4.79 Å². The number of fused-ring (bicyclic) bond motifs is 1. The van der Waals surface area contributed by atoms with Crippen LogP contribution in [0.4, 0.5) is 0 Å². The van der Waals surface area contributed by atoms with Crippen LogP contribution >= 0.6 is 27.7 Å². The van der Waals surface area contributed by atoms with Crippen LogP contribution in [0, 0.1) is 5.92 Å². The highest BCUT2D eigenvalue weighted by Crippen LogP contribution is 2.28. The monoisotopic (exact) mass is 435 g/mol. The quantitative estimate of drug-likeness (QED) is 0.535. The van der Waals surface area contributed by atoms with Crippen LogP contribution < -0.4 is 10.7 Å².